The Balaban J connectivity index is 1.97. The van der Waals surface area contributed by atoms with Crippen LogP contribution in [0, 0.1) is 13.8 Å². The van der Waals surface area contributed by atoms with Crippen molar-refractivity contribution in [2.24, 2.45) is 0 Å². The van der Waals surface area contributed by atoms with E-state index in [0.29, 0.717) is 0 Å². The van der Waals surface area contributed by atoms with Gasteiger partial charge >= 0.3 is 0 Å². The molecule has 0 amide bonds. The van der Waals surface area contributed by atoms with Crippen LogP contribution in [-0.4, -0.2) is 0 Å². The van der Waals surface area contributed by atoms with Crippen LogP contribution in [0.3, 0.4) is 0 Å². The Bertz CT molecular complexity index is 919. The molecule has 0 saturated carbocycles. The third kappa shape index (κ3) is 2.67. The van der Waals surface area contributed by atoms with Gasteiger partial charge in [0.15, 0.2) is 0 Å². The lowest BCUT2D eigenvalue weighted by Crippen LogP contribution is -2.07. The van der Waals surface area contributed by atoms with E-state index in [1.165, 1.54) is 36.2 Å². The fourth-order valence-electron chi connectivity index (χ4n) is 2.83. The van der Waals surface area contributed by atoms with Crippen LogP contribution in [0.4, 0.5) is 15.7 Å². The molecule has 0 bridgehead atoms. The molecule has 0 saturated heterocycles. The SMILES string of the molecule is Cc1ccc(N(c2ccc(C)s2)c2cccc3ccccc23)s1. The van der Waals surface area contributed by atoms with Gasteiger partial charge in [-0.15, -0.1) is 22.7 Å². The summed E-state index contributed by atoms with van der Waals surface area (Å²) in [5.41, 5.74) is 1.24. The van der Waals surface area contributed by atoms with Crippen molar-refractivity contribution in [1.29, 1.82) is 0 Å². The lowest BCUT2D eigenvalue weighted by atomic mass is 10.1. The second-order valence-corrected chi connectivity index (χ2v) is 8.13. The molecule has 0 unspecified atom stereocenters. The maximum absolute atomic E-state index is 2.39. The molecule has 3 heteroatoms. The molecule has 0 fully saturated rings. The van der Waals surface area contributed by atoms with Gasteiger partial charge in [-0.25, -0.2) is 0 Å². The quantitative estimate of drug-likeness (QED) is 0.388. The van der Waals surface area contributed by atoms with Crippen LogP contribution in [0.15, 0.2) is 66.7 Å². The lowest BCUT2D eigenvalue weighted by molar-refractivity contribution is 1.38. The van der Waals surface area contributed by atoms with Crippen molar-refractivity contribution in [3.8, 4) is 0 Å². The molecule has 2 heterocycles. The van der Waals surface area contributed by atoms with Crippen molar-refractivity contribution in [1.82, 2.24) is 0 Å². The molecule has 1 nitrogen and oxygen atoms in total. The molecule has 114 valence electrons. The van der Waals surface area contributed by atoms with Crippen molar-refractivity contribution >= 4 is 49.1 Å². The average Bonchev–Trinajstić information content (AvgIpc) is 3.17. The molecule has 0 aliphatic heterocycles. The summed E-state index contributed by atoms with van der Waals surface area (Å²) in [6.07, 6.45) is 0. The Morgan fingerprint density at radius 1 is 0.652 bits per heavy atom. The molecule has 23 heavy (non-hydrogen) atoms. The first-order valence-corrected chi connectivity index (χ1v) is 9.26. The highest BCUT2D eigenvalue weighted by Crippen LogP contribution is 2.44. The monoisotopic (exact) mass is 335 g/mol. The van der Waals surface area contributed by atoms with E-state index < -0.39 is 0 Å². The van der Waals surface area contributed by atoms with Crippen LogP contribution in [0.5, 0.6) is 0 Å². The van der Waals surface area contributed by atoms with Crippen molar-refractivity contribution in [3.63, 3.8) is 0 Å². The summed E-state index contributed by atoms with van der Waals surface area (Å²) < 4.78 is 0. The van der Waals surface area contributed by atoms with Crippen LogP contribution >= 0.6 is 22.7 Å². The first kappa shape index (κ1) is 14.5. The van der Waals surface area contributed by atoms with Crippen LogP contribution in [0.2, 0.25) is 0 Å². The highest BCUT2D eigenvalue weighted by Gasteiger charge is 2.17. The lowest BCUT2D eigenvalue weighted by Gasteiger charge is -2.23. The van der Waals surface area contributed by atoms with Gasteiger partial charge in [0.25, 0.3) is 0 Å². The van der Waals surface area contributed by atoms with Gasteiger partial charge in [-0.1, -0.05) is 36.4 Å². The van der Waals surface area contributed by atoms with Gasteiger partial charge in [-0.3, -0.25) is 4.90 Å². The Labute approximate surface area is 144 Å². The predicted octanol–water partition coefficient (Wildman–Crippen LogP) is 7.05. The number of benzene rings is 2. The number of hydrogen-bond acceptors (Lipinski definition) is 3. The minimum Gasteiger partial charge on any atom is -0.292 e. The number of fused-ring (bicyclic) bond motifs is 1. The second-order valence-electron chi connectivity index (χ2n) is 5.60. The number of rotatable bonds is 3. The summed E-state index contributed by atoms with van der Waals surface area (Å²) in [5, 5.41) is 5.09. The van der Waals surface area contributed by atoms with Gasteiger partial charge in [0.2, 0.25) is 0 Å². The fourth-order valence-corrected chi connectivity index (χ4v) is 4.67. The van der Waals surface area contributed by atoms with Crippen molar-refractivity contribution in [2.45, 2.75) is 13.8 Å². The van der Waals surface area contributed by atoms with Crippen LogP contribution in [0.1, 0.15) is 9.75 Å². The van der Waals surface area contributed by atoms with Crippen molar-refractivity contribution < 1.29 is 0 Å². The maximum atomic E-state index is 2.39. The zero-order valence-corrected chi connectivity index (χ0v) is 14.7. The number of thiophene rings is 2. The average molecular weight is 335 g/mol. The predicted molar refractivity (Wildman–Crippen MR) is 104 cm³/mol. The van der Waals surface area contributed by atoms with Crippen molar-refractivity contribution in [2.75, 3.05) is 4.90 Å². The number of aryl methyl sites for hydroxylation is 2. The van der Waals surface area contributed by atoms with E-state index in [9.17, 15) is 0 Å². The van der Waals surface area contributed by atoms with Crippen LogP contribution in [-0.2, 0) is 0 Å². The molecule has 2 aromatic heterocycles. The van der Waals surface area contributed by atoms with E-state index in [0.717, 1.165) is 0 Å². The van der Waals surface area contributed by atoms with Gasteiger partial charge in [-0.05, 0) is 49.6 Å². The summed E-state index contributed by atoms with van der Waals surface area (Å²) in [6, 6.07) is 24.0. The number of hydrogen-bond donors (Lipinski definition) is 0. The van der Waals surface area contributed by atoms with Gasteiger partial charge in [0.1, 0.15) is 10.0 Å². The largest absolute Gasteiger partial charge is 0.292 e. The van der Waals surface area contributed by atoms with E-state index >= 15 is 0 Å². The highest BCUT2D eigenvalue weighted by atomic mass is 32.1. The third-order valence-electron chi connectivity index (χ3n) is 3.90. The third-order valence-corrected chi connectivity index (χ3v) is 5.87. The molecular formula is C20H17NS2. The molecule has 0 N–H and O–H groups in total. The Morgan fingerprint density at radius 2 is 1.26 bits per heavy atom. The first-order valence-electron chi connectivity index (χ1n) is 7.63. The molecule has 4 rings (SSSR count). The van der Waals surface area contributed by atoms with Crippen LogP contribution in [0.25, 0.3) is 10.8 Å². The van der Waals surface area contributed by atoms with Gasteiger partial charge < -0.3 is 0 Å². The summed E-state index contributed by atoms with van der Waals surface area (Å²) in [7, 11) is 0. The molecule has 0 atom stereocenters. The number of nitrogens with zero attached hydrogens (tertiary/aromatic N) is 1. The minimum absolute atomic E-state index is 1.24. The Hall–Kier alpha value is -2.10. The molecule has 0 radical (unpaired) electrons. The van der Waals surface area contributed by atoms with E-state index in [-0.39, 0.29) is 0 Å². The standard InChI is InChI=1S/C20H17NS2/c1-14-10-12-19(22-14)21(20-13-11-15(2)23-20)18-9-5-7-16-6-3-4-8-17(16)18/h3-13H,1-2H3. The minimum atomic E-state index is 1.24. The van der Waals surface area contributed by atoms with E-state index in [1.807, 2.05) is 22.7 Å². The van der Waals surface area contributed by atoms with Crippen LogP contribution < -0.4 is 4.90 Å². The molecule has 2 aromatic carbocycles. The van der Waals surface area contributed by atoms with Gasteiger partial charge in [-0.2, -0.15) is 0 Å². The normalized spacial score (nSPS) is 11.0. The second kappa shape index (κ2) is 5.84. The van der Waals surface area contributed by atoms with E-state index in [4.69, 9.17) is 0 Å². The topological polar surface area (TPSA) is 3.24 Å². The Morgan fingerprint density at radius 3 is 1.87 bits per heavy atom. The zero-order valence-electron chi connectivity index (χ0n) is 13.1. The molecule has 0 spiro atoms. The zero-order chi connectivity index (χ0) is 15.8. The highest BCUT2D eigenvalue weighted by molar-refractivity contribution is 7.18. The summed E-state index contributed by atoms with van der Waals surface area (Å²) in [5.74, 6) is 0. The van der Waals surface area contributed by atoms with E-state index in [1.54, 1.807) is 0 Å². The molecular weight excluding hydrogens is 318 g/mol. The fraction of sp³-hybridized carbons (Fsp3) is 0.100. The molecule has 0 aliphatic rings. The maximum Gasteiger partial charge on any atom is 0.101 e. The van der Waals surface area contributed by atoms with Crippen molar-refractivity contribution in [3.05, 3.63) is 76.5 Å². The smallest absolute Gasteiger partial charge is 0.101 e. The first-order chi connectivity index (χ1) is 11.2. The van der Waals surface area contributed by atoms with Gasteiger partial charge in [0.05, 0.1) is 5.69 Å². The Kier molecular flexibility index (Phi) is 3.68. The van der Waals surface area contributed by atoms with Gasteiger partial charge in [0, 0.05) is 15.1 Å². The van der Waals surface area contributed by atoms with E-state index in [2.05, 4.69) is 85.5 Å². The summed E-state index contributed by atoms with van der Waals surface area (Å²) >= 11 is 3.67. The molecule has 4 aromatic rings. The summed E-state index contributed by atoms with van der Waals surface area (Å²) in [6.45, 7) is 4.32. The molecule has 0 aliphatic carbocycles. The number of anilines is 3. The summed E-state index contributed by atoms with van der Waals surface area (Å²) in [4.78, 5) is 5.05.